The fraction of sp³-hybridized carbons (Fsp3) is 0.143. The molecule has 0 saturated carbocycles. The molecule has 1 amide bonds. The van der Waals surface area contributed by atoms with Crippen LogP contribution in [0.3, 0.4) is 0 Å². The Morgan fingerprint density at radius 2 is 2.36 bits per heavy atom. The fourth-order valence-electron chi connectivity index (χ4n) is 0.726. The van der Waals surface area contributed by atoms with Gasteiger partial charge in [0.2, 0.25) is 0 Å². The van der Waals surface area contributed by atoms with Gasteiger partial charge in [-0.25, -0.2) is 9.52 Å². The monoisotopic (exact) mass is 151 g/mol. The smallest absolute Gasteiger partial charge is 0.423 e. The summed E-state index contributed by atoms with van der Waals surface area (Å²) in [5.41, 5.74) is 0. The molecule has 0 aliphatic carbocycles. The average Bonchev–Trinajstić information content (AvgIpc) is 2.04. The second-order valence-electron chi connectivity index (χ2n) is 2.03. The number of rotatable bonds is 2. The van der Waals surface area contributed by atoms with Crippen LogP contribution in [0.5, 0.6) is 0 Å². The summed E-state index contributed by atoms with van der Waals surface area (Å²) in [7, 11) is 1.47. The normalized spacial score (nSPS) is 9.18. The van der Waals surface area contributed by atoms with Gasteiger partial charge in [0.15, 0.2) is 0 Å². The van der Waals surface area contributed by atoms with Crippen molar-refractivity contribution in [1.29, 1.82) is 0 Å². The van der Waals surface area contributed by atoms with E-state index in [2.05, 4.69) is 0 Å². The van der Waals surface area contributed by atoms with E-state index in [1.807, 2.05) is 0 Å². The number of carbonyl (C=O) groups excluding carboxylic acids is 1. The number of pyridine rings is 1. The third-order valence-corrected chi connectivity index (χ3v) is 1.28. The van der Waals surface area contributed by atoms with Crippen molar-refractivity contribution in [2.45, 2.75) is 0 Å². The Bertz CT molecular complexity index is 262. The van der Waals surface area contributed by atoms with Gasteiger partial charge in [0.05, 0.1) is 13.2 Å². The SMILES string of the molecule is CN([C]=O)c1cccc[n+]1[O-]. The molecule has 0 saturated heterocycles. The van der Waals surface area contributed by atoms with Crippen molar-refractivity contribution in [3.63, 3.8) is 0 Å². The van der Waals surface area contributed by atoms with Gasteiger partial charge in [-0.2, -0.15) is 4.90 Å². The van der Waals surface area contributed by atoms with E-state index in [9.17, 15) is 10.0 Å². The zero-order valence-electron chi connectivity index (χ0n) is 6.02. The lowest BCUT2D eigenvalue weighted by molar-refractivity contribution is -0.591. The summed E-state index contributed by atoms with van der Waals surface area (Å²) in [6.45, 7) is 0. The first-order valence-electron chi connectivity index (χ1n) is 3.05. The Morgan fingerprint density at radius 1 is 1.64 bits per heavy atom. The molecule has 1 aromatic rings. The van der Waals surface area contributed by atoms with Gasteiger partial charge in [0.25, 0.3) is 5.82 Å². The quantitative estimate of drug-likeness (QED) is 0.334. The van der Waals surface area contributed by atoms with E-state index in [1.165, 1.54) is 19.3 Å². The van der Waals surface area contributed by atoms with Crippen molar-refractivity contribution in [3.05, 3.63) is 29.6 Å². The second kappa shape index (κ2) is 3.01. The molecule has 0 spiro atoms. The first kappa shape index (κ1) is 7.53. The van der Waals surface area contributed by atoms with Gasteiger partial charge in [-0.05, 0) is 6.07 Å². The maximum Gasteiger partial charge on any atom is 0.423 e. The largest absolute Gasteiger partial charge is 0.711 e. The predicted octanol–water partition coefficient (Wildman–Crippen LogP) is -0.177. The van der Waals surface area contributed by atoms with E-state index in [-0.39, 0.29) is 5.82 Å². The highest BCUT2D eigenvalue weighted by atomic mass is 16.5. The molecule has 1 heterocycles. The molecule has 4 nitrogen and oxygen atoms in total. The van der Waals surface area contributed by atoms with Crippen LogP contribution in [0.15, 0.2) is 24.4 Å². The Hall–Kier alpha value is -1.58. The predicted molar refractivity (Wildman–Crippen MR) is 39.5 cm³/mol. The van der Waals surface area contributed by atoms with E-state index >= 15 is 0 Å². The Balaban J connectivity index is 3.02. The van der Waals surface area contributed by atoms with Crippen molar-refractivity contribution in [1.82, 2.24) is 0 Å². The van der Waals surface area contributed by atoms with Gasteiger partial charge in [0, 0.05) is 6.07 Å². The number of aromatic nitrogens is 1. The minimum atomic E-state index is 0.266. The molecule has 0 fully saturated rings. The molecule has 0 aliphatic rings. The van der Waals surface area contributed by atoms with E-state index in [0.29, 0.717) is 4.73 Å². The molecule has 0 aliphatic heterocycles. The average molecular weight is 151 g/mol. The van der Waals surface area contributed by atoms with Gasteiger partial charge >= 0.3 is 6.41 Å². The first-order chi connectivity index (χ1) is 5.25. The molecule has 57 valence electrons. The summed E-state index contributed by atoms with van der Waals surface area (Å²) in [6, 6.07) is 4.81. The van der Waals surface area contributed by atoms with Crippen LogP contribution in [0.25, 0.3) is 0 Å². The van der Waals surface area contributed by atoms with Crippen LogP contribution in [0.4, 0.5) is 5.82 Å². The summed E-state index contributed by atoms with van der Waals surface area (Å²) in [4.78, 5) is 11.2. The van der Waals surface area contributed by atoms with Crippen molar-refractivity contribution in [2.24, 2.45) is 0 Å². The van der Waals surface area contributed by atoms with Crippen LogP contribution >= 0.6 is 0 Å². The molecular formula is C7H7N2O2. The molecular weight excluding hydrogens is 144 g/mol. The summed E-state index contributed by atoms with van der Waals surface area (Å²) < 4.78 is 0.602. The van der Waals surface area contributed by atoms with Gasteiger partial charge in [0.1, 0.15) is 0 Å². The van der Waals surface area contributed by atoms with E-state index < -0.39 is 0 Å². The summed E-state index contributed by atoms with van der Waals surface area (Å²) in [5, 5.41) is 10.9. The maximum absolute atomic E-state index is 10.9. The third kappa shape index (κ3) is 1.46. The fourth-order valence-corrected chi connectivity index (χ4v) is 0.726. The number of anilines is 1. The van der Waals surface area contributed by atoms with Gasteiger partial charge in [-0.15, -0.1) is 0 Å². The third-order valence-electron chi connectivity index (χ3n) is 1.28. The highest BCUT2D eigenvalue weighted by Crippen LogP contribution is 2.00. The zero-order valence-corrected chi connectivity index (χ0v) is 6.02. The zero-order chi connectivity index (χ0) is 8.27. The molecule has 1 aromatic heterocycles. The molecule has 0 bridgehead atoms. The number of hydrogen-bond donors (Lipinski definition) is 0. The Kier molecular flexibility index (Phi) is 2.06. The van der Waals surface area contributed by atoms with Crippen molar-refractivity contribution in [2.75, 3.05) is 11.9 Å². The van der Waals surface area contributed by atoms with Crippen LogP contribution in [-0.2, 0) is 4.79 Å². The van der Waals surface area contributed by atoms with Crippen LogP contribution in [0.1, 0.15) is 0 Å². The van der Waals surface area contributed by atoms with Crippen molar-refractivity contribution >= 4 is 12.2 Å². The molecule has 0 aromatic carbocycles. The minimum absolute atomic E-state index is 0.266. The second-order valence-corrected chi connectivity index (χ2v) is 2.03. The minimum Gasteiger partial charge on any atom is -0.711 e. The highest BCUT2D eigenvalue weighted by Gasteiger charge is 2.09. The highest BCUT2D eigenvalue weighted by molar-refractivity contribution is 5.70. The standard InChI is InChI=1S/C7H7N2O2/c1-8(6-10)7-4-2-3-5-9(7)11/h2-5H,1H3. The van der Waals surface area contributed by atoms with Crippen LogP contribution in [0.2, 0.25) is 0 Å². The summed E-state index contributed by atoms with van der Waals surface area (Å²) >= 11 is 0. The number of nitrogens with zero attached hydrogens (tertiary/aromatic N) is 2. The topological polar surface area (TPSA) is 47.2 Å². The molecule has 1 radical (unpaired) electrons. The van der Waals surface area contributed by atoms with Crippen molar-refractivity contribution < 1.29 is 9.52 Å². The molecule has 0 N–H and O–H groups in total. The lowest BCUT2D eigenvalue weighted by Gasteiger charge is -2.08. The number of amides is 1. The van der Waals surface area contributed by atoms with Gasteiger partial charge in [-0.1, -0.05) is 6.07 Å². The lowest BCUT2D eigenvalue weighted by Crippen LogP contribution is -2.34. The van der Waals surface area contributed by atoms with E-state index in [0.717, 1.165) is 4.90 Å². The van der Waals surface area contributed by atoms with Crippen LogP contribution in [0, 0.1) is 5.21 Å². The maximum atomic E-state index is 10.9. The molecule has 4 heteroatoms. The Labute approximate surface area is 64.3 Å². The molecule has 11 heavy (non-hydrogen) atoms. The molecule has 0 unspecified atom stereocenters. The summed E-state index contributed by atoms with van der Waals surface area (Å²) in [5.74, 6) is 0.266. The molecule has 1 rings (SSSR count). The Morgan fingerprint density at radius 3 is 2.91 bits per heavy atom. The van der Waals surface area contributed by atoms with Crippen LogP contribution < -0.4 is 9.63 Å². The van der Waals surface area contributed by atoms with E-state index in [1.54, 1.807) is 18.5 Å². The van der Waals surface area contributed by atoms with Gasteiger partial charge < -0.3 is 5.21 Å². The van der Waals surface area contributed by atoms with E-state index in [4.69, 9.17) is 0 Å². The first-order valence-corrected chi connectivity index (χ1v) is 3.05. The lowest BCUT2D eigenvalue weighted by atomic mass is 10.4. The number of hydrogen-bond acceptors (Lipinski definition) is 2. The van der Waals surface area contributed by atoms with Crippen molar-refractivity contribution in [3.8, 4) is 0 Å². The summed E-state index contributed by atoms with van der Waals surface area (Å²) in [6.07, 6.45) is 2.91. The van der Waals surface area contributed by atoms with Crippen LogP contribution in [-0.4, -0.2) is 13.5 Å². The molecule has 0 atom stereocenters. The van der Waals surface area contributed by atoms with Gasteiger partial charge in [-0.3, -0.25) is 0 Å².